The summed E-state index contributed by atoms with van der Waals surface area (Å²) in [6, 6.07) is 0.572. The molecule has 17 heavy (non-hydrogen) atoms. The zero-order valence-corrected chi connectivity index (χ0v) is 11.7. The molecule has 0 radical (unpaired) electrons. The van der Waals surface area contributed by atoms with Crippen LogP contribution in [0.5, 0.6) is 0 Å². The van der Waals surface area contributed by atoms with E-state index in [4.69, 9.17) is 5.11 Å². The van der Waals surface area contributed by atoms with Crippen molar-refractivity contribution in [1.29, 1.82) is 0 Å². The SMILES string of the molecule is CN1C[C@H](NC2CSCCSC2)C[C@H]1C(=O)O. The third-order valence-corrected chi connectivity index (χ3v) is 5.83. The van der Waals surface area contributed by atoms with Crippen LogP contribution in [0.3, 0.4) is 0 Å². The van der Waals surface area contributed by atoms with Crippen LogP contribution < -0.4 is 5.32 Å². The minimum Gasteiger partial charge on any atom is -0.480 e. The standard InChI is InChI=1S/C11H20N2O2S2/c1-13-5-8(4-10(13)11(14)15)12-9-6-16-2-3-17-7-9/h8-10,12H,2-7H2,1H3,(H,14,15)/t8-,10+/m1/s1. The van der Waals surface area contributed by atoms with Crippen molar-refractivity contribution in [3.05, 3.63) is 0 Å². The number of hydrogen-bond donors (Lipinski definition) is 2. The minimum atomic E-state index is -0.693. The van der Waals surface area contributed by atoms with Gasteiger partial charge in [-0.15, -0.1) is 0 Å². The predicted octanol–water partition coefficient (Wildman–Crippen LogP) is 0.582. The molecule has 2 aliphatic heterocycles. The lowest BCUT2D eigenvalue weighted by Gasteiger charge is -2.20. The Bertz CT molecular complexity index is 270. The number of hydrogen-bond acceptors (Lipinski definition) is 5. The number of aliphatic carboxylic acids is 1. The first-order valence-corrected chi connectivity index (χ1v) is 8.32. The summed E-state index contributed by atoms with van der Waals surface area (Å²) in [6.45, 7) is 0.850. The number of thioether (sulfide) groups is 2. The van der Waals surface area contributed by atoms with Crippen LogP contribution in [0.4, 0.5) is 0 Å². The Morgan fingerprint density at radius 1 is 1.29 bits per heavy atom. The molecule has 0 bridgehead atoms. The third kappa shape index (κ3) is 3.77. The molecule has 2 saturated heterocycles. The minimum absolute atomic E-state index is 0.307. The van der Waals surface area contributed by atoms with E-state index in [1.807, 2.05) is 35.5 Å². The van der Waals surface area contributed by atoms with Crippen LogP contribution in [-0.4, -0.2) is 70.7 Å². The van der Waals surface area contributed by atoms with E-state index >= 15 is 0 Å². The fraction of sp³-hybridized carbons (Fsp3) is 0.909. The number of carboxylic acids is 1. The van der Waals surface area contributed by atoms with Crippen LogP contribution in [0.15, 0.2) is 0 Å². The first-order chi connectivity index (χ1) is 8.16. The van der Waals surface area contributed by atoms with Crippen molar-refractivity contribution in [2.75, 3.05) is 36.6 Å². The topological polar surface area (TPSA) is 52.6 Å². The summed E-state index contributed by atoms with van der Waals surface area (Å²) >= 11 is 4.00. The lowest BCUT2D eigenvalue weighted by Crippen LogP contribution is -2.42. The monoisotopic (exact) mass is 276 g/mol. The maximum atomic E-state index is 11.0. The highest BCUT2D eigenvalue weighted by molar-refractivity contribution is 8.03. The number of likely N-dealkylation sites (tertiary alicyclic amines) is 1. The molecule has 0 aromatic carbocycles. The smallest absolute Gasteiger partial charge is 0.320 e. The van der Waals surface area contributed by atoms with Crippen molar-refractivity contribution in [2.45, 2.75) is 24.5 Å². The van der Waals surface area contributed by atoms with Gasteiger partial charge in [-0.25, -0.2) is 0 Å². The second-order valence-corrected chi connectivity index (χ2v) is 7.04. The van der Waals surface area contributed by atoms with Crippen LogP contribution in [0, 0.1) is 0 Å². The van der Waals surface area contributed by atoms with Crippen molar-refractivity contribution in [3.8, 4) is 0 Å². The van der Waals surface area contributed by atoms with Crippen molar-refractivity contribution in [3.63, 3.8) is 0 Å². The lowest BCUT2D eigenvalue weighted by molar-refractivity contribution is -0.141. The Balaban J connectivity index is 1.81. The molecule has 2 heterocycles. The number of nitrogens with zero attached hydrogens (tertiary/aromatic N) is 1. The summed E-state index contributed by atoms with van der Waals surface area (Å²) in [5, 5.41) is 12.7. The summed E-state index contributed by atoms with van der Waals surface area (Å²) in [6.07, 6.45) is 0.734. The predicted molar refractivity (Wildman–Crippen MR) is 74.0 cm³/mol. The van der Waals surface area contributed by atoms with Gasteiger partial charge in [-0.1, -0.05) is 0 Å². The molecule has 0 amide bonds. The number of carboxylic acid groups (broad SMARTS) is 1. The molecule has 4 nitrogen and oxygen atoms in total. The van der Waals surface area contributed by atoms with Gasteiger partial charge in [0, 0.05) is 41.6 Å². The van der Waals surface area contributed by atoms with Crippen LogP contribution >= 0.6 is 23.5 Å². The number of nitrogens with one attached hydrogen (secondary N) is 1. The average molecular weight is 276 g/mol. The van der Waals surface area contributed by atoms with Crippen molar-refractivity contribution >= 4 is 29.5 Å². The molecule has 2 rings (SSSR count). The van der Waals surface area contributed by atoms with Gasteiger partial charge in [-0.3, -0.25) is 9.69 Å². The van der Waals surface area contributed by atoms with Gasteiger partial charge in [0.05, 0.1) is 0 Å². The first-order valence-electron chi connectivity index (χ1n) is 6.01. The van der Waals surface area contributed by atoms with E-state index in [0.717, 1.165) is 24.5 Å². The van der Waals surface area contributed by atoms with E-state index in [9.17, 15) is 4.79 Å². The van der Waals surface area contributed by atoms with E-state index in [1.165, 1.54) is 11.5 Å². The molecule has 2 N–H and O–H groups in total. The molecular weight excluding hydrogens is 256 g/mol. The zero-order valence-electron chi connectivity index (χ0n) is 10.1. The summed E-state index contributed by atoms with van der Waals surface area (Å²) < 4.78 is 0. The number of likely N-dealkylation sites (N-methyl/N-ethyl adjacent to an activating group) is 1. The Morgan fingerprint density at radius 3 is 2.47 bits per heavy atom. The second-order valence-electron chi connectivity index (χ2n) is 4.74. The molecule has 0 aromatic rings. The maximum Gasteiger partial charge on any atom is 0.320 e. The molecule has 0 saturated carbocycles. The zero-order chi connectivity index (χ0) is 12.3. The van der Waals surface area contributed by atoms with Gasteiger partial charge in [0.2, 0.25) is 0 Å². The van der Waals surface area contributed by atoms with E-state index in [-0.39, 0.29) is 6.04 Å². The van der Waals surface area contributed by atoms with Crippen LogP contribution in [-0.2, 0) is 4.79 Å². The highest BCUT2D eigenvalue weighted by atomic mass is 32.2. The number of carbonyl (C=O) groups is 1. The van der Waals surface area contributed by atoms with E-state index in [0.29, 0.717) is 12.1 Å². The molecule has 2 atom stereocenters. The largest absolute Gasteiger partial charge is 0.480 e. The van der Waals surface area contributed by atoms with Crippen LogP contribution in [0.1, 0.15) is 6.42 Å². The summed E-state index contributed by atoms with van der Waals surface area (Å²) in [5.74, 6) is 4.10. The average Bonchev–Trinajstić information content (AvgIpc) is 2.50. The third-order valence-electron chi connectivity index (χ3n) is 3.31. The molecule has 98 valence electrons. The Morgan fingerprint density at radius 2 is 1.94 bits per heavy atom. The molecule has 0 spiro atoms. The normalized spacial score (nSPS) is 32.5. The van der Waals surface area contributed by atoms with Crippen molar-refractivity contribution in [1.82, 2.24) is 10.2 Å². The van der Waals surface area contributed by atoms with E-state index in [2.05, 4.69) is 5.32 Å². The highest BCUT2D eigenvalue weighted by Gasteiger charge is 2.35. The Labute approximate surface area is 111 Å². The summed E-state index contributed by atoms with van der Waals surface area (Å²) in [4.78, 5) is 13.0. The Kier molecular flexibility index (Phi) is 5.02. The molecular formula is C11H20N2O2S2. The van der Waals surface area contributed by atoms with E-state index < -0.39 is 5.97 Å². The molecule has 2 fully saturated rings. The van der Waals surface area contributed by atoms with Gasteiger partial charge in [0.25, 0.3) is 0 Å². The van der Waals surface area contributed by atoms with Crippen molar-refractivity contribution in [2.24, 2.45) is 0 Å². The van der Waals surface area contributed by atoms with Gasteiger partial charge in [0.1, 0.15) is 6.04 Å². The van der Waals surface area contributed by atoms with Gasteiger partial charge in [-0.05, 0) is 13.5 Å². The summed E-state index contributed by atoms with van der Waals surface area (Å²) in [7, 11) is 1.90. The highest BCUT2D eigenvalue weighted by Crippen LogP contribution is 2.20. The van der Waals surface area contributed by atoms with Crippen LogP contribution in [0.2, 0.25) is 0 Å². The molecule has 0 aromatic heterocycles. The first kappa shape index (κ1) is 13.5. The van der Waals surface area contributed by atoms with E-state index in [1.54, 1.807) is 0 Å². The van der Waals surface area contributed by atoms with Gasteiger partial charge in [0.15, 0.2) is 0 Å². The fourth-order valence-corrected chi connectivity index (χ4v) is 4.88. The quantitative estimate of drug-likeness (QED) is 0.786. The molecule has 2 aliphatic rings. The number of rotatable bonds is 3. The van der Waals surface area contributed by atoms with Gasteiger partial charge < -0.3 is 10.4 Å². The molecule has 0 unspecified atom stereocenters. The van der Waals surface area contributed by atoms with Gasteiger partial charge in [-0.2, -0.15) is 23.5 Å². The maximum absolute atomic E-state index is 11.0. The molecule has 6 heteroatoms. The Hall–Kier alpha value is 0.0900. The second kappa shape index (κ2) is 6.31. The molecule has 0 aliphatic carbocycles. The fourth-order valence-electron chi connectivity index (χ4n) is 2.46. The van der Waals surface area contributed by atoms with Crippen LogP contribution in [0.25, 0.3) is 0 Å². The van der Waals surface area contributed by atoms with Crippen molar-refractivity contribution < 1.29 is 9.90 Å². The summed E-state index contributed by atoms with van der Waals surface area (Å²) in [5.41, 5.74) is 0. The van der Waals surface area contributed by atoms with Gasteiger partial charge >= 0.3 is 5.97 Å². The lowest BCUT2D eigenvalue weighted by atomic mass is 10.1.